The smallest absolute Gasteiger partial charge is 0.108 e. The van der Waals surface area contributed by atoms with Crippen molar-refractivity contribution in [3.8, 4) is 6.07 Å². The van der Waals surface area contributed by atoms with Crippen LogP contribution >= 0.6 is 0 Å². The van der Waals surface area contributed by atoms with Crippen LogP contribution < -0.4 is 5.32 Å². The second kappa shape index (κ2) is 5.73. The first kappa shape index (κ1) is 12.7. The van der Waals surface area contributed by atoms with Crippen LogP contribution in [0.2, 0.25) is 0 Å². The van der Waals surface area contributed by atoms with Gasteiger partial charge < -0.3 is 0 Å². The lowest BCUT2D eigenvalue weighted by molar-refractivity contribution is 0.252. The van der Waals surface area contributed by atoms with Gasteiger partial charge in [-0.15, -0.1) is 0 Å². The third kappa shape index (κ3) is 3.34. The molecule has 3 nitrogen and oxygen atoms in total. The summed E-state index contributed by atoms with van der Waals surface area (Å²) in [6.07, 6.45) is 4.83. The van der Waals surface area contributed by atoms with Crippen molar-refractivity contribution in [2.45, 2.75) is 44.3 Å². The summed E-state index contributed by atoms with van der Waals surface area (Å²) in [5.74, 6) is 0. The van der Waals surface area contributed by atoms with Crippen molar-refractivity contribution in [3.63, 3.8) is 0 Å². The van der Waals surface area contributed by atoms with Gasteiger partial charge in [0.1, 0.15) is 6.04 Å². The van der Waals surface area contributed by atoms with Gasteiger partial charge in [-0.3, -0.25) is 10.2 Å². The molecule has 0 amide bonds. The van der Waals surface area contributed by atoms with E-state index in [1.54, 1.807) is 0 Å². The molecule has 1 fully saturated rings. The average Bonchev–Trinajstić information content (AvgIpc) is 3.24. The number of nitriles is 1. The molecule has 1 aromatic carbocycles. The van der Waals surface area contributed by atoms with E-state index in [0.717, 1.165) is 19.6 Å². The molecule has 0 saturated heterocycles. The van der Waals surface area contributed by atoms with Crippen molar-refractivity contribution in [3.05, 3.63) is 35.4 Å². The van der Waals surface area contributed by atoms with Crippen molar-refractivity contribution in [2.75, 3.05) is 13.1 Å². The number of benzene rings is 1. The first-order valence-electron chi connectivity index (χ1n) is 7.30. The van der Waals surface area contributed by atoms with Crippen LogP contribution in [-0.4, -0.2) is 30.1 Å². The zero-order valence-electron chi connectivity index (χ0n) is 11.3. The highest BCUT2D eigenvalue weighted by Crippen LogP contribution is 2.21. The predicted molar refractivity (Wildman–Crippen MR) is 75.6 cm³/mol. The van der Waals surface area contributed by atoms with E-state index in [4.69, 9.17) is 0 Å². The second-order valence-electron chi connectivity index (χ2n) is 5.73. The predicted octanol–water partition coefficient (Wildman–Crippen LogP) is 2.08. The first-order valence-corrected chi connectivity index (χ1v) is 7.30. The molecule has 1 atom stereocenters. The van der Waals surface area contributed by atoms with Gasteiger partial charge in [-0.1, -0.05) is 24.3 Å². The molecule has 1 saturated carbocycles. The van der Waals surface area contributed by atoms with E-state index in [0.29, 0.717) is 6.04 Å². The molecule has 100 valence electrons. The Morgan fingerprint density at radius 2 is 2.11 bits per heavy atom. The van der Waals surface area contributed by atoms with Crippen molar-refractivity contribution >= 4 is 0 Å². The van der Waals surface area contributed by atoms with E-state index in [1.165, 1.54) is 36.8 Å². The average molecular weight is 255 g/mol. The van der Waals surface area contributed by atoms with Gasteiger partial charge in [-0.25, -0.2) is 0 Å². The summed E-state index contributed by atoms with van der Waals surface area (Å²) in [6.45, 7) is 2.93. The Kier molecular flexibility index (Phi) is 3.82. The number of aryl methyl sites for hydroxylation is 1. The van der Waals surface area contributed by atoms with Gasteiger partial charge >= 0.3 is 0 Å². The normalized spacial score (nSPS) is 21.2. The summed E-state index contributed by atoms with van der Waals surface area (Å²) in [7, 11) is 0. The van der Waals surface area contributed by atoms with Crippen LogP contribution in [0, 0.1) is 11.3 Å². The molecule has 3 heteroatoms. The zero-order chi connectivity index (χ0) is 13.1. The van der Waals surface area contributed by atoms with E-state index in [2.05, 4.69) is 40.6 Å². The highest BCUT2D eigenvalue weighted by Gasteiger charge is 2.26. The maximum atomic E-state index is 9.26. The van der Waals surface area contributed by atoms with Crippen molar-refractivity contribution in [2.24, 2.45) is 0 Å². The molecular formula is C16H21N3. The van der Waals surface area contributed by atoms with Gasteiger partial charge in [-0.2, -0.15) is 5.26 Å². The van der Waals surface area contributed by atoms with E-state index in [-0.39, 0.29) is 6.04 Å². The molecule has 1 aromatic rings. The van der Waals surface area contributed by atoms with Gasteiger partial charge in [0, 0.05) is 19.1 Å². The Bertz CT molecular complexity index is 473. The van der Waals surface area contributed by atoms with Crippen molar-refractivity contribution < 1.29 is 0 Å². The fourth-order valence-electron chi connectivity index (χ4n) is 2.85. The Morgan fingerprint density at radius 1 is 1.32 bits per heavy atom. The Labute approximate surface area is 115 Å². The van der Waals surface area contributed by atoms with Crippen LogP contribution in [0.25, 0.3) is 0 Å². The van der Waals surface area contributed by atoms with Crippen LogP contribution in [0.15, 0.2) is 24.3 Å². The molecule has 1 aliphatic heterocycles. The molecule has 0 bridgehead atoms. The van der Waals surface area contributed by atoms with Gasteiger partial charge in [0.2, 0.25) is 0 Å². The first-order chi connectivity index (χ1) is 9.35. The van der Waals surface area contributed by atoms with Crippen LogP contribution in [0.3, 0.4) is 0 Å². The quantitative estimate of drug-likeness (QED) is 0.895. The lowest BCUT2D eigenvalue weighted by Gasteiger charge is -2.23. The number of nitrogens with zero attached hydrogens (tertiary/aromatic N) is 2. The van der Waals surface area contributed by atoms with E-state index >= 15 is 0 Å². The standard InChI is InChI=1S/C16H21N3/c17-10-16(18-15-7-8-15)12-19-9-3-6-13-4-1-2-5-14(13)11-19/h1-2,4-5,15-16,18H,3,6-9,11-12H2. The largest absolute Gasteiger partial charge is 0.298 e. The van der Waals surface area contributed by atoms with Gasteiger partial charge in [0.15, 0.2) is 0 Å². The molecule has 1 N–H and O–H groups in total. The maximum Gasteiger partial charge on any atom is 0.108 e. The Morgan fingerprint density at radius 3 is 2.84 bits per heavy atom. The number of rotatable bonds is 4. The summed E-state index contributed by atoms with van der Waals surface area (Å²) in [5, 5.41) is 12.7. The summed E-state index contributed by atoms with van der Waals surface area (Å²) < 4.78 is 0. The van der Waals surface area contributed by atoms with E-state index in [9.17, 15) is 5.26 Å². The number of nitrogens with one attached hydrogen (secondary N) is 1. The van der Waals surface area contributed by atoms with Crippen LogP contribution in [0.4, 0.5) is 0 Å². The van der Waals surface area contributed by atoms with E-state index < -0.39 is 0 Å². The van der Waals surface area contributed by atoms with E-state index in [1.807, 2.05) is 0 Å². The zero-order valence-corrected chi connectivity index (χ0v) is 11.3. The van der Waals surface area contributed by atoms with Crippen LogP contribution in [-0.2, 0) is 13.0 Å². The topological polar surface area (TPSA) is 39.1 Å². The van der Waals surface area contributed by atoms with Gasteiger partial charge in [0.05, 0.1) is 6.07 Å². The van der Waals surface area contributed by atoms with Gasteiger partial charge in [0.25, 0.3) is 0 Å². The van der Waals surface area contributed by atoms with Gasteiger partial charge in [-0.05, 0) is 43.4 Å². The molecule has 1 aliphatic carbocycles. The minimum atomic E-state index is -0.0160. The summed E-state index contributed by atoms with van der Waals surface area (Å²) >= 11 is 0. The summed E-state index contributed by atoms with van der Waals surface area (Å²) in [6, 6.07) is 11.7. The highest BCUT2D eigenvalue weighted by molar-refractivity contribution is 5.28. The van der Waals surface area contributed by atoms with Crippen LogP contribution in [0.1, 0.15) is 30.4 Å². The maximum absolute atomic E-state index is 9.26. The molecule has 1 heterocycles. The summed E-state index contributed by atoms with van der Waals surface area (Å²) in [5.41, 5.74) is 2.91. The molecule has 0 spiro atoms. The minimum absolute atomic E-state index is 0.0160. The number of hydrogen-bond acceptors (Lipinski definition) is 3. The molecular weight excluding hydrogens is 234 g/mol. The number of fused-ring (bicyclic) bond motifs is 1. The van der Waals surface area contributed by atoms with Crippen molar-refractivity contribution in [1.29, 1.82) is 5.26 Å². The monoisotopic (exact) mass is 255 g/mol. The SMILES string of the molecule is N#CC(CN1CCCc2ccccc2C1)NC1CC1. The molecule has 3 rings (SSSR count). The molecule has 19 heavy (non-hydrogen) atoms. The number of hydrogen-bond donors (Lipinski definition) is 1. The Balaban J connectivity index is 1.63. The molecule has 1 unspecified atom stereocenters. The molecule has 0 radical (unpaired) electrons. The third-order valence-electron chi connectivity index (χ3n) is 4.04. The molecule has 2 aliphatic rings. The summed E-state index contributed by atoms with van der Waals surface area (Å²) in [4.78, 5) is 2.43. The second-order valence-corrected chi connectivity index (χ2v) is 5.73. The lowest BCUT2D eigenvalue weighted by Crippen LogP contribution is -2.41. The fraction of sp³-hybridized carbons (Fsp3) is 0.562. The van der Waals surface area contributed by atoms with Crippen molar-refractivity contribution in [1.82, 2.24) is 10.2 Å². The highest BCUT2D eigenvalue weighted by atomic mass is 15.2. The minimum Gasteiger partial charge on any atom is -0.298 e. The molecule has 0 aromatic heterocycles. The fourth-order valence-corrected chi connectivity index (χ4v) is 2.85. The third-order valence-corrected chi connectivity index (χ3v) is 4.04. The lowest BCUT2D eigenvalue weighted by atomic mass is 10.0. The Hall–Kier alpha value is -1.37. The van der Waals surface area contributed by atoms with Crippen LogP contribution in [0.5, 0.6) is 0 Å².